The summed E-state index contributed by atoms with van der Waals surface area (Å²) in [6.45, 7) is 2.31. The minimum atomic E-state index is -0.193. The highest BCUT2D eigenvalue weighted by molar-refractivity contribution is 9.10. The number of benzene rings is 2. The van der Waals surface area contributed by atoms with Crippen molar-refractivity contribution in [2.45, 2.75) is 13.5 Å². The molecule has 0 radical (unpaired) electrons. The van der Waals surface area contributed by atoms with E-state index in [9.17, 15) is 4.79 Å². The lowest BCUT2D eigenvalue weighted by atomic mass is 10.2. The second kappa shape index (κ2) is 7.24. The number of carbonyl (C=O) groups excluding carboxylic acids is 1. The molecule has 2 aromatic rings. The predicted octanol–water partition coefficient (Wildman–Crippen LogP) is 3.23. The van der Waals surface area contributed by atoms with E-state index in [-0.39, 0.29) is 12.5 Å². The molecule has 21 heavy (non-hydrogen) atoms. The van der Waals surface area contributed by atoms with Crippen LogP contribution in [0.2, 0.25) is 0 Å². The number of anilines is 1. The van der Waals surface area contributed by atoms with E-state index in [2.05, 4.69) is 21.2 Å². The van der Waals surface area contributed by atoms with E-state index in [4.69, 9.17) is 10.5 Å². The van der Waals surface area contributed by atoms with Crippen LogP contribution in [0.3, 0.4) is 0 Å². The van der Waals surface area contributed by atoms with Crippen molar-refractivity contribution < 1.29 is 9.53 Å². The molecule has 0 fully saturated rings. The van der Waals surface area contributed by atoms with Gasteiger partial charge in [-0.05, 0) is 42.3 Å². The maximum absolute atomic E-state index is 11.9. The Morgan fingerprint density at radius 1 is 1.29 bits per heavy atom. The van der Waals surface area contributed by atoms with Crippen molar-refractivity contribution in [2.24, 2.45) is 5.73 Å². The number of rotatable bonds is 5. The Bertz CT molecular complexity index is 644. The van der Waals surface area contributed by atoms with E-state index in [0.717, 1.165) is 21.3 Å². The van der Waals surface area contributed by atoms with Gasteiger partial charge >= 0.3 is 0 Å². The van der Waals surface area contributed by atoms with Gasteiger partial charge in [0.15, 0.2) is 6.61 Å². The standard InChI is InChI=1S/C16H17BrN2O2/c1-11-4-2-3-5-15(11)19-16(20)10-21-13-6-7-14(17)12(8-13)9-18/h2-8H,9-10,18H2,1H3,(H,19,20). The van der Waals surface area contributed by atoms with Gasteiger partial charge in [-0.15, -0.1) is 0 Å². The third-order valence-corrected chi connectivity index (χ3v) is 3.80. The molecular formula is C16H17BrN2O2. The number of aryl methyl sites for hydroxylation is 1. The van der Waals surface area contributed by atoms with Crippen LogP contribution in [0, 0.1) is 6.92 Å². The molecule has 0 saturated carbocycles. The molecular weight excluding hydrogens is 332 g/mol. The molecule has 4 nitrogen and oxygen atoms in total. The summed E-state index contributed by atoms with van der Waals surface area (Å²) in [7, 11) is 0. The number of ether oxygens (including phenoxy) is 1. The van der Waals surface area contributed by atoms with E-state index < -0.39 is 0 Å². The van der Waals surface area contributed by atoms with Gasteiger partial charge in [-0.1, -0.05) is 34.1 Å². The van der Waals surface area contributed by atoms with E-state index in [1.807, 2.05) is 43.3 Å². The normalized spacial score (nSPS) is 10.2. The number of hydrogen-bond acceptors (Lipinski definition) is 3. The Labute approximate surface area is 132 Å². The molecule has 0 heterocycles. The summed E-state index contributed by atoms with van der Waals surface area (Å²) in [5, 5.41) is 2.82. The molecule has 0 aliphatic carbocycles. The zero-order valence-electron chi connectivity index (χ0n) is 11.7. The average Bonchev–Trinajstić information content (AvgIpc) is 2.49. The molecule has 0 aromatic heterocycles. The maximum atomic E-state index is 11.9. The van der Waals surface area contributed by atoms with Crippen LogP contribution >= 0.6 is 15.9 Å². The quantitative estimate of drug-likeness (QED) is 0.871. The number of amides is 1. The fraction of sp³-hybridized carbons (Fsp3) is 0.188. The zero-order valence-corrected chi connectivity index (χ0v) is 13.3. The van der Waals surface area contributed by atoms with Crippen LogP contribution in [0.25, 0.3) is 0 Å². The number of nitrogens with two attached hydrogens (primary N) is 1. The SMILES string of the molecule is Cc1ccccc1NC(=O)COc1ccc(Br)c(CN)c1. The second-order valence-corrected chi connectivity index (χ2v) is 5.46. The monoisotopic (exact) mass is 348 g/mol. The van der Waals surface area contributed by atoms with Gasteiger partial charge in [0, 0.05) is 16.7 Å². The summed E-state index contributed by atoms with van der Waals surface area (Å²) in [6, 6.07) is 13.1. The molecule has 2 aromatic carbocycles. The average molecular weight is 349 g/mol. The van der Waals surface area contributed by atoms with E-state index in [0.29, 0.717) is 12.3 Å². The van der Waals surface area contributed by atoms with Crippen LogP contribution in [-0.4, -0.2) is 12.5 Å². The first-order valence-electron chi connectivity index (χ1n) is 6.57. The van der Waals surface area contributed by atoms with E-state index >= 15 is 0 Å². The van der Waals surface area contributed by atoms with Gasteiger partial charge in [-0.3, -0.25) is 4.79 Å². The Morgan fingerprint density at radius 2 is 2.05 bits per heavy atom. The summed E-state index contributed by atoms with van der Waals surface area (Å²) < 4.78 is 6.42. The van der Waals surface area contributed by atoms with Crippen LogP contribution in [0.5, 0.6) is 5.75 Å². The van der Waals surface area contributed by atoms with Crippen LogP contribution in [0.15, 0.2) is 46.9 Å². The lowest BCUT2D eigenvalue weighted by Gasteiger charge is -2.10. The molecule has 0 aliphatic rings. The molecule has 0 bridgehead atoms. The minimum absolute atomic E-state index is 0.0417. The Morgan fingerprint density at radius 3 is 2.76 bits per heavy atom. The first kappa shape index (κ1) is 15.5. The molecule has 0 saturated heterocycles. The van der Waals surface area contributed by atoms with Crippen molar-refractivity contribution in [3.05, 3.63) is 58.1 Å². The molecule has 0 atom stereocenters. The molecule has 0 unspecified atom stereocenters. The lowest BCUT2D eigenvalue weighted by molar-refractivity contribution is -0.118. The highest BCUT2D eigenvalue weighted by Gasteiger charge is 2.06. The summed E-state index contributed by atoms with van der Waals surface area (Å²) in [5.74, 6) is 0.431. The van der Waals surface area contributed by atoms with Gasteiger partial charge in [0.1, 0.15) is 5.75 Å². The maximum Gasteiger partial charge on any atom is 0.262 e. The van der Waals surface area contributed by atoms with Gasteiger partial charge in [0.05, 0.1) is 0 Å². The summed E-state index contributed by atoms with van der Waals surface area (Å²) in [5.41, 5.74) is 8.38. The van der Waals surface area contributed by atoms with Crippen LogP contribution in [0.1, 0.15) is 11.1 Å². The topological polar surface area (TPSA) is 64.3 Å². The number of halogens is 1. The van der Waals surface area contributed by atoms with Crippen LogP contribution in [-0.2, 0) is 11.3 Å². The van der Waals surface area contributed by atoms with Crippen molar-refractivity contribution >= 4 is 27.5 Å². The van der Waals surface area contributed by atoms with Crippen molar-refractivity contribution in [3.63, 3.8) is 0 Å². The van der Waals surface area contributed by atoms with E-state index in [1.54, 1.807) is 6.07 Å². The minimum Gasteiger partial charge on any atom is -0.484 e. The highest BCUT2D eigenvalue weighted by Crippen LogP contribution is 2.22. The van der Waals surface area contributed by atoms with Crippen molar-refractivity contribution in [1.29, 1.82) is 0 Å². The fourth-order valence-electron chi connectivity index (χ4n) is 1.85. The summed E-state index contributed by atoms with van der Waals surface area (Å²) in [4.78, 5) is 11.9. The van der Waals surface area contributed by atoms with Crippen LogP contribution < -0.4 is 15.8 Å². The fourth-order valence-corrected chi connectivity index (χ4v) is 2.25. The third-order valence-electron chi connectivity index (χ3n) is 3.03. The van der Waals surface area contributed by atoms with Gasteiger partial charge < -0.3 is 15.8 Å². The number of hydrogen-bond donors (Lipinski definition) is 2. The third kappa shape index (κ3) is 4.31. The molecule has 2 rings (SSSR count). The van der Waals surface area contributed by atoms with Crippen LogP contribution in [0.4, 0.5) is 5.69 Å². The van der Waals surface area contributed by atoms with Gasteiger partial charge in [-0.25, -0.2) is 0 Å². The molecule has 5 heteroatoms. The van der Waals surface area contributed by atoms with E-state index in [1.165, 1.54) is 0 Å². The highest BCUT2D eigenvalue weighted by atomic mass is 79.9. The smallest absolute Gasteiger partial charge is 0.262 e. The summed E-state index contributed by atoms with van der Waals surface area (Å²) >= 11 is 3.41. The van der Waals surface area contributed by atoms with Gasteiger partial charge in [0.25, 0.3) is 5.91 Å². The Hall–Kier alpha value is -1.85. The molecule has 0 spiro atoms. The number of carbonyl (C=O) groups is 1. The number of nitrogens with one attached hydrogen (secondary N) is 1. The molecule has 0 aliphatic heterocycles. The largest absolute Gasteiger partial charge is 0.484 e. The Kier molecular flexibility index (Phi) is 5.36. The molecule has 1 amide bonds. The number of para-hydroxylation sites is 1. The zero-order chi connectivity index (χ0) is 15.2. The van der Waals surface area contributed by atoms with Crippen molar-refractivity contribution in [2.75, 3.05) is 11.9 Å². The van der Waals surface area contributed by atoms with Crippen molar-refractivity contribution in [3.8, 4) is 5.75 Å². The first-order chi connectivity index (χ1) is 10.1. The van der Waals surface area contributed by atoms with Crippen molar-refractivity contribution in [1.82, 2.24) is 0 Å². The van der Waals surface area contributed by atoms with Gasteiger partial charge in [-0.2, -0.15) is 0 Å². The lowest BCUT2D eigenvalue weighted by Crippen LogP contribution is -2.20. The molecule has 110 valence electrons. The molecule has 3 N–H and O–H groups in total. The first-order valence-corrected chi connectivity index (χ1v) is 7.36. The predicted molar refractivity (Wildman–Crippen MR) is 87.3 cm³/mol. The second-order valence-electron chi connectivity index (χ2n) is 4.61. The Balaban J connectivity index is 1.94. The summed E-state index contributed by atoms with van der Waals surface area (Å²) in [6.07, 6.45) is 0. The van der Waals surface area contributed by atoms with Gasteiger partial charge in [0.2, 0.25) is 0 Å².